The van der Waals surface area contributed by atoms with Crippen LogP contribution in [0.1, 0.15) is 24.6 Å². The molecule has 8 heteroatoms. The average Bonchev–Trinajstić information content (AvgIpc) is 3.00. The van der Waals surface area contributed by atoms with Crippen LogP contribution in [0.5, 0.6) is 0 Å². The molecule has 0 bridgehead atoms. The molecule has 25 heavy (non-hydrogen) atoms. The number of hydrogen-bond donors (Lipinski definition) is 4. The summed E-state index contributed by atoms with van der Waals surface area (Å²) in [7, 11) is 0. The highest BCUT2D eigenvalue weighted by molar-refractivity contribution is 7.20. The quantitative estimate of drug-likeness (QED) is 0.625. The van der Waals surface area contributed by atoms with E-state index in [2.05, 4.69) is 10.3 Å². The maximum atomic E-state index is 11.5. The van der Waals surface area contributed by atoms with E-state index in [9.17, 15) is 4.79 Å². The zero-order valence-corrected chi connectivity index (χ0v) is 14.9. The molecule has 2 aromatic heterocycles. The lowest BCUT2D eigenvalue weighted by Gasteiger charge is -2.32. The molecule has 0 aliphatic carbocycles. The molecule has 0 aromatic carbocycles. The number of nitrogen functional groups attached to an aromatic ring is 1. The summed E-state index contributed by atoms with van der Waals surface area (Å²) in [5.41, 5.74) is 14.2. The first-order chi connectivity index (χ1) is 12.0. The first kappa shape index (κ1) is 17.2. The van der Waals surface area contributed by atoms with Crippen LogP contribution in [-0.4, -0.2) is 41.1 Å². The summed E-state index contributed by atoms with van der Waals surface area (Å²) in [6.07, 6.45) is 4.52. The van der Waals surface area contributed by atoms with E-state index >= 15 is 0 Å². The van der Waals surface area contributed by atoms with Crippen molar-refractivity contribution in [2.45, 2.75) is 25.8 Å². The Hall–Kier alpha value is -2.61. The number of allylic oxidation sites excluding steroid dienone is 1. The van der Waals surface area contributed by atoms with Crippen molar-refractivity contribution in [1.29, 1.82) is 5.41 Å². The van der Waals surface area contributed by atoms with Crippen LogP contribution >= 0.6 is 11.3 Å². The first-order valence-corrected chi connectivity index (χ1v) is 8.98. The lowest BCUT2D eigenvalue weighted by Crippen LogP contribution is -2.41. The van der Waals surface area contributed by atoms with E-state index in [1.165, 1.54) is 17.6 Å². The van der Waals surface area contributed by atoms with Crippen molar-refractivity contribution in [1.82, 2.24) is 9.88 Å². The number of aromatic nitrogens is 1. The summed E-state index contributed by atoms with van der Waals surface area (Å²) in [5.74, 6) is 0.584. The van der Waals surface area contributed by atoms with Crippen molar-refractivity contribution in [3.05, 3.63) is 23.1 Å². The van der Waals surface area contributed by atoms with E-state index < -0.39 is 0 Å². The number of nitrogens with one attached hydrogen (secondary N) is 2. The number of likely N-dealkylation sites (tertiary alicyclic amines) is 1. The molecule has 1 fully saturated rings. The maximum Gasteiger partial charge on any atom is 0.219 e. The Kier molecular flexibility index (Phi) is 4.89. The van der Waals surface area contributed by atoms with Gasteiger partial charge in [-0.3, -0.25) is 4.79 Å². The largest absolute Gasteiger partial charge is 0.398 e. The normalized spacial score (nSPS) is 16.2. The summed E-state index contributed by atoms with van der Waals surface area (Å²) in [6, 6.07) is 4.03. The Labute approximate surface area is 150 Å². The number of carbonyl (C=O) groups is 1. The van der Waals surface area contributed by atoms with Crippen molar-refractivity contribution >= 4 is 50.9 Å². The van der Waals surface area contributed by atoms with Crippen molar-refractivity contribution < 1.29 is 4.79 Å². The fourth-order valence-corrected chi connectivity index (χ4v) is 4.04. The number of anilines is 2. The van der Waals surface area contributed by atoms with Gasteiger partial charge in [0, 0.05) is 38.3 Å². The SMILES string of the molecule is CC(=O)N1CCC(Nc2cc(N)nc3cc(/C(N)=C/C=N)sc23)CC1. The fourth-order valence-electron chi connectivity index (χ4n) is 3.02. The van der Waals surface area contributed by atoms with Gasteiger partial charge in [0.25, 0.3) is 0 Å². The summed E-state index contributed by atoms with van der Waals surface area (Å²) >= 11 is 1.53. The predicted molar refractivity (Wildman–Crippen MR) is 104 cm³/mol. The number of hydrogen-bond acceptors (Lipinski definition) is 7. The van der Waals surface area contributed by atoms with Crippen LogP contribution < -0.4 is 16.8 Å². The zero-order chi connectivity index (χ0) is 18.0. The van der Waals surface area contributed by atoms with Crippen LogP contribution in [0.2, 0.25) is 0 Å². The third-order valence-electron chi connectivity index (χ3n) is 4.35. The van der Waals surface area contributed by atoms with E-state index in [1.54, 1.807) is 13.0 Å². The van der Waals surface area contributed by atoms with Gasteiger partial charge in [-0.05, 0) is 25.0 Å². The molecule has 1 saturated heterocycles. The summed E-state index contributed by atoms with van der Waals surface area (Å²) in [5, 5.41) is 10.7. The molecule has 1 aliphatic heterocycles. The molecular formula is C17H22N6OS. The number of fused-ring (bicyclic) bond motifs is 1. The van der Waals surface area contributed by atoms with Crippen molar-refractivity contribution in [2.75, 3.05) is 24.1 Å². The van der Waals surface area contributed by atoms with Gasteiger partial charge in [-0.25, -0.2) is 4.98 Å². The number of nitrogens with zero attached hydrogens (tertiary/aromatic N) is 2. The summed E-state index contributed by atoms with van der Waals surface area (Å²) in [4.78, 5) is 18.6. The molecule has 0 spiro atoms. The second-order valence-electron chi connectivity index (χ2n) is 6.13. The topological polar surface area (TPSA) is 121 Å². The highest BCUT2D eigenvalue weighted by Gasteiger charge is 2.21. The lowest BCUT2D eigenvalue weighted by molar-refractivity contribution is -0.129. The molecule has 0 unspecified atom stereocenters. The van der Waals surface area contributed by atoms with Crippen LogP contribution in [0, 0.1) is 5.41 Å². The van der Waals surface area contributed by atoms with Crippen molar-refractivity contribution in [2.24, 2.45) is 5.73 Å². The Bertz CT molecular complexity index is 835. The van der Waals surface area contributed by atoms with Crippen LogP contribution in [0.25, 0.3) is 15.9 Å². The third kappa shape index (κ3) is 3.74. The molecule has 6 N–H and O–H groups in total. The molecule has 1 amide bonds. The van der Waals surface area contributed by atoms with E-state index in [0.717, 1.165) is 46.7 Å². The predicted octanol–water partition coefficient (Wildman–Crippen LogP) is 2.25. The molecule has 0 saturated carbocycles. The van der Waals surface area contributed by atoms with Crippen molar-refractivity contribution in [3.63, 3.8) is 0 Å². The Morgan fingerprint density at radius 3 is 2.80 bits per heavy atom. The van der Waals surface area contributed by atoms with Gasteiger partial charge in [0.15, 0.2) is 0 Å². The van der Waals surface area contributed by atoms with Gasteiger partial charge in [0.05, 0.1) is 26.5 Å². The van der Waals surface area contributed by atoms with Crippen LogP contribution in [0.4, 0.5) is 11.5 Å². The standard InChI is InChI=1S/C17H22N6OS/c1-10(24)23-6-3-11(4-7-23)21-14-9-16(20)22-13-8-15(25-17(13)14)12(19)2-5-18/h2,5,8-9,11,18H,3-4,6-7,19H2,1H3,(H3,20,21,22)/b12-2-,18-5?. The lowest BCUT2D eigenvalue weighted by atomic mass is 10.0. The van der Waals surface area contributed by atoms with Crippen LogP contribution in [0.3, 0.4) is 0 Å². The minimum atomic E-state index is 0.130. The fraction of sp³-hybridized carbons (Fsp3) is 0.353. The average molecular weight is 358 g/mol. The van der Waals surface area contributed by atoms with Crippen LogP contribution in [-0.2, 0) is 4.79 Å². The van der Waals surface area contributed by atoms with Gasteiger partial charge in [0.2, 0.25) is 5.91 Å². The second-order valence-corrected chi connectivity index (χ2v) is 7.19. The number of amides is 1. The van der Waals surface area contributed by atoms with E-state index in [1.807, 2.05) is 17.0 Å². The first-order valence-electron chi connectivity index (χ1n) is 8.16. The van der Waals surface area contributed by atoms with Gasteiger partial charge >= 0.3 is 0 Å². The molecule has 7 nitrogen and oxygen atoms in total. The van der Waals surface area contributed by atoms with Gasteiger partial charge in [0.1, 0.15) is 5.82 Å². The smallest absolute Gasteiger partial charge is 0.219 e. The zero-order valence-electron chi connectivity index (χ0n) is 14.1. The monoisotopic (exact) mass is 358 g/mol. The highest BCUT2D eigenvalue weighted by Crippen LogP contribution is 2.35. The maximum absolute atomic E-state index is 11.5. The third-order valence-corrected chi connectivity index (χ3v) is 5.55. The number of pyridine rings is 1. The van der Waals surface area contributed by atoms with Gasteiger partial charge < -0.3 is 27.1 Å². The number of nitrogens with two attached hydrogens (primary N) is 2. The van der Waals surface area contributed by atoms with Crippen molar-refractivity contribution in [3.8, 4) is 0 Å². The minimum Gasteiger partial charge on any atom is -0.398 e. The Balaban J connectivity index is 1.85. The van der Waals surface area contributed by atoms with Crippen LogP contribution in [0.15, 0.2) is 18.2 Å². The van der Waals surface area contributed by atoms with Gasteiger partial charge in [-0.1, -0.05) is 0 Å². The van der Waals surface area contributed by atoms with E-state index in [0.29, 0.717) is 17.6 Å². The molecular weight excluding hydrogens is 336 g/mol. The molecule has 0 radical (unpaired) electrons. The number of rotatable bonds is 4. The second kappa shape index (κ2) is 7.10. The molecule has 1 aliphatic rings. The van der Waals surface area contributed by atoms with Gasteiger partial charge in [-0.15, -0.1) is 11.3 Å². The van der Waals surface area contributed by atoms with Gasteiger partial charge in [-0.2, -0.15) is 0 Å². The Morgan fingerprint density at radius 2 is 2.16 bits per heavy atom. The molecule has 3 rings (SSSR count). The minimum absolute atomic E-state index is 0.130. The number of thiophene rings is 1. The van der Waals surface area contributed by atoms with E-state index in [4.69, 9.17) is 16.9 Å². The molecule has 0 atom stereocenters. The summed E-state index contributed by atoms with van der Waals surface area (Å²) < 4.78 is 1.000. The summed E-state index contributed by atoms with van der Waals surface area (Å²) in [6.45, 7) is 3.14. The number of carbonyl (C=O) groups excluding carboxylic acids is 1. The molecule has 3 heterocycles. The Morgan fingerprint density at radius 1 is 1.44 bits per heavy atom. The number of piperidine rings is 1. The molecule has 132 valence electrons. The molecule has 2 aromatic rings. The highest BCUT2D eigenvalue weighted by atomic mass is 32.1. The van der Waals surface area contributed by atoms with E-state index in [-0.39, 0.29) is 5.91 Å².